The number of fused-ring (bicyclic) bond motifs is 1. The summed E-state index contributed by atoms with van der Waals surface area (Å²) < 4.78 is 55.4. The van der Waals surface area contributed by atoms with Crippen LogP contribution >= 0.6 is 0 Å². The van der Waals surface area contributed by atoms with E-state index < -0.39 is 31.1 Å². The lowest BCUT2D eigenvalue weighted by molar-refractivity contribution is -0.158. The first-order valence-corrected chi connectivity index (χ1v) is 11.1. The Morgan fingerprint density at radius 3 is 2.53 bits per heavy atom. The molecule has 1 unspecified atom stereocenters. The molecule has 34 heavy (non-hydrogen) atoms. The van der Waals surface area contributed by atoms with E-state index in [9.17, 15) is 18.0 Å². The van der Waals surface area contributed by atoms with Gasteiger partial charge in [0.15, 0.2) is 0 Å². The van der Waals surface area contributed by atoms with Crippen LogP contribution in [0.25, 0.3) is 22.3 Å². The molecule has 2 aromatic heterocycles. The Bertz CT molecular complexity index is 1170. The van der Waals surface area contributed by atoms with Gasteiger partial charge >= 0.3 is 12.1 Å². The standard InChI is InChI=1S/C26H28F3NO4/c1-5-19-8-10-21(22(6-2)30-19)24-11-18-7-9-20(12-23(18)34-24)32-14-17(13-26(27,28)29)15-33-25(31)16(3)4/h7-12,17H,3,5-6,13-15H2,1-2,4H3. The molecule has 0 saturated heterocycles. The van der Waals surface area contributed by atoms with Crippen LogP contribution in [-0.2, 0) is 22.4 Å². The van der Waals surface area contributed by atoms with Gasteiger partial charge in [-0.3, -0.25) is 4.98 Å². The summed E-state index contributed by atoms with van der Waals surface area (Å²) in [6.45, 7) is 8.25. The highest BCUT2D eigenvalue weighted by molar-refractivity contribution is 5.87. The number of rotatable bonds is 10. The summed E-state index contributed by atoms with van der Waals surface area (Å²) in [7, 11) is 0. The molecule has 0 aliphatic rings. The van der Waals surface area contributed by atoms with Crippen molar-refractivity contribution in [3.05, 3.63) is 59.9 Å². The zero-order valence-electron chi connectivity index (χ0n) is 19.5. The van der Waals surface area contributed by atoms with E-state index in [0.717, 1.165) is 35.2 Å². The van der Waals surface area contributed by atoms with Crippen LogP contribution in [0.1, 0.15) is 38.6 Å². The van der Waals surface area contributed by atoms with E-state index in [4.69, 9.17) is 13.9 Å². The number of benzene rings is 1. The van der Waals surface area contributed by atoms with Crippen LogP contribution < -0.4 is 4.74 Å². The number of nitrogens with zero attached hydrogens (tertiary/aromatic N) is 1. The number of halogens is 3. The van der Waals surface area contributed by atoms with Crippen molar-refractivity contribution in [3.8, 4) is 17.1 Å². The van der Waals surface area contributed by atoms with Crippen LogP contribution in [0.4, 0.5) is 13.2 Å². The molecule has 1 atom stereocenters. The predicted octanol–water partition coefficient (Wildman–Crippen LogP) is 6.69. The van der Waals surface area contributed by atoms with Gasteiger partial charge in [0.1, 0.15) is 17.1 Å². The van der Waals surface area contributed by atoms with Gasteiger partial charge in [-0.1, -0.05) is 20.4 Å². The van der Waals surface area contributed by atoms with Gasteiger partial charge in [-0.2, -0.15) is 13.2 Å². The summed E-state index contributed by atoms with van der Waals surface area (Å²) in [6, 6.07) is 11.0. The minimum Gasteiger partial charge on any atom is -0.493 e. The van der Waals surface area contributed by atoms with Gasteiger partial charge in [0.05, 0.1) is 25.3 Å². The average molecular weight is 476 g/mol. The first-order valence-electron chi connectivity index (χ1n) is 11.1. The third kappa shape index (κ3) is 6.62. The van der Waals surface area contributed by atoms with E-state index in [1.54, 1.807) is 18.2 Å². The van der Waals surface area contributed by atoms with Crippen molar-refractivity contribution in [2.45, 2.75) is 46.2 Å². The number of esters is 1. The van der Waals surface area contributed by atoms with E-state index in [2.05, 4.69) is 11.6 Å². The van der Waals surface area contributed by atoms with Gasteiger partial charge < -0.3 is 13.9 Å². The van der Waals surface area contributed by atoms with E-state index in [0.29, 0.717) is 17.1 Å². The molecule has 182 valence electrons. The summed E-state index contributed by atoms with van der Waals surface area (Å²) in [5.74, 6) is -0.756. The van der Waals surface area contributed by atoms with Gasteiger partial charge in [-0.15, -0.1) is 0 Å². The Kier molecular flexibility index (Phi) is 8.02. The number of carbonyl (C=O) groups excluding carboxylic acids is 1. The van der Waals surface area contributed by atoms with Crippen LogP contribution in [0.2, 0.25) is 0 Å². The van der Waals surface area contributed by atoms with Gasteiger partial charge in [0.2, 0.25) is 0 Å². The van der Waals surface area contributed by atoms with Crippen molar-refractivity contribution >= 4 is 16.9 Å². The first kappa shape index (κ1) is 25.3. The van der Waals surface area contributed by atoms with Gasteiger partial charge in [0.25, 0.3) is 0 Å². The van der Waals surface area contributed by atoms with Crippen LogP contribution in [0.15, 0.2) is 53.0 Å². The Labute approximate surface area is 196 Å². The second kappa shape index (κ2) is 10.8. The van der Waals surface area contributed by atoms with Gasteiger partial charge in [-0.05, 0) is 50.1 Å². The molecule has 0 saturated carbocycles. The number of carbonyl (C=O) groups is 1. The molecule has 0 radical (unpaired) electrons. The number of alkyl halides is 3. The Morgan fingerprint density at radius 2 is 1.88 bits per heavy atom. The lowest BCUT2D eigenvalue weighted by Gasteiger charge is -2.19. The predicted molar refractivity (Wildman–Crippen MR) is 124 cm³/mol. The third-order valence-electron chi connectivity index (χ3n) is 5.29. The van der Waals surface area contributed by atoms with Gasteiger partial charge in [0, 0.05) is 34.2 Å². The minimum atomic E-state index is -4.41. The zero-order chi connectivity index (χ0) is 24.9. The van der Waals surface area contributed by atoms with Crippen LogP contribution in [0, 0.1) is 5.92 Å². The fraction of sp³-hybridized carbons (Fsp3) is 0.385. The fourth-order valence-electron chi connectivity index (χ4n) is 3.50. The monoisotopic (exact) mass is 475 g/mol. The zero-order valence-corrected chi connectivity index (χ0v) is 19.5. The summed E-state index contributed by atoms with van der Waals surface area (Å²) in [5, 5.41) is 0.839. The molecular formula is C26H28F3NO4. The van der Waals surface area contributed by atoms with E-state index in [-0.39, 0.29) is 12.2 Å². The molecule has 0 spiro atoms. The SMILES string of the molecule is C=C(C)C(=O)OCC(COc1ccc2cc(-c3ccc(CC)nc3CC)oc2c1)CC(F)(F)F. The Balaban J connectivity index is 1.76. The van der Waals surface area contributed by atoms with E-state index in [1.807, 2.05) is 32.0 Å². The molecule has 0 aliphatic carbocycles. The van der Waals surface area contributed by atoms with Crippen molar-refractivity contribution in [1.82, 2.24) is 4.98 Å². The van der Waals surface area contributed by atoms with Crippen LogP contribution in [-0.4, -0.2) is 30.3 Å². The van der Waals surface area contributed by atoms with Crippen molar-refractivity contribution in [3.63, 3.8) is 0 Å². The number of furan rings is 1. The summed E-state index contributed by atoms with van der Waals surface area (Å²) in [6.07, 6.45) is -3.95. The maximum absolute atomic E-state index is 13.0. The molecule has 0 N–H and O–H groups in total. The first-order chi connectivity index (χ1) is 16.1. The van der Waals surface area contributed by atoms with E-state index in [1.165, 1.54) is 6.92 Å². The smallest absolute Gasteiger partial charge is 0.389 e. The molecule has 1 aromatic carbocycles. The second-order valence-corrected chi connectivity index (χ2v) is 8.19. The molecule has 3 rings (SSSR count). The third-order valence-corrected chi connectivity index (χ3v) is 5.29. The van der Waals surface area contributed by atoms with E-state index >= 15 is 0 Å². The highest BCUT2D eigenvalue weighted by Crippen LogP contribution is 2.32. The summed E-state index contributed by atoms with van der Waals surface area (Å²) >= 11 is 0. The maximum atomic E-state index is 13.0. The quantitative estimate of drug-likeness (QED) is 0.242. The highest BCUT2D eigenvalue weighted by Gasteiger charge is 2.33. The Morgan fingerprint density at radius 1 is 1.12 bits per heavy atom. The van der Waals surface area contributed by atoms with Crippen LogP contribution in [0.3, 0.4) is 0 Å². The molecule has 2 heterocycles. The number of ether oxygens (including phenoxy) is 2. The molecule has 5 nitrogen and oxygen atoms in total. The number of hydrogen-bond donors (Lipinski definition) is 0. The van der Waals surface area contributed by atoms with Crippen molar-refractivity contribution < 1.29 is 31.9 Å². The molecule has 0 bridgehead atoms. The Hall–Kier alpha value is -3.29. The lowest BCUT2D eigenvalue weighted by atomic mass is 10.1. The molecule has 0 fully saturated rings. The molecular weight excluding hydrogens is 447 g/mol. The summed E-state index contributed by atoms with van der Waals surface area (Å²) in [4.78, 5) is 16.2. The normalized spacial score (nSPS) is 12.5. The lowest BCUT2D eigenvalue weighted by Crippen LogP contribution is -2.26. The fourth-order valence-corrected chi connectivity index (χ4v) is 3.50. The topological polar surface area (TPSA) is 61.6 Å². The number of aryl methyl sites for hydroxylation is 2. The van der Waals surface area contributed by atoms with Crippen molar-refractivity contribution in [2.75, 3.05) is 13.2 Å². The maximum Gasteiger partial charge on any atom is 0.389 e. The van der Waals surface area contributed by atoms with Crippen molar-refractivity contribution in [1.29, 1.82) is 0 Å². The molecule has 0 aliphatic heterocycles. The van der Waals surface area contributed by atoms with Gasteiger partial charge in [-0.25, -0.2) is 4.79 Å². The largest absolute Gasteiger partial charge is 0.493 e. The van der Waals surface area contributed by atoms with Crippen LogP contribution in [0.5, 0.6) is 5.75 Å². The van der Waals surface area contributed by atoms with Crippen molar-refractivity contribution in [2.24, 2.45) is 5.92 Å². The molecule has 3 aromatic rings. The molecule has 0 amide bonds. The average Bonchev–Trinajstić information content (AvgIpc) is 3.22. The number of pyridine rings is 1. The second-order valence-electron chi connectivity index (χ2n) is 8.19. The molecule has 8 heteroatoms. The minimum absolute atomic E-state index is 0.122. The highest BCUT2D eigenvalue weighted by atomic mass is 19.4. The number of hydrogen-bond acceptors (Lipinski definition) is 5. The summed E-state index contributed by atoms with van der Waals surface area (Å²) in [5.41, 5.74) is 3.53. The number of aromatic nitrogens is 1.